The third-order valence-corrected chi connectivity index (χ3v) is 10.5. The summed E-state index contributed by atoms with van der Waals surface area (Å²) in [7, 11) is 1.48. The van der Waals surface area contributed by atoms with Gasteiger partial charge in [0.15, 0.2) is 5.17 Å². The van der Waals surface area contributed by atoms with E-state index in [1.165, 1.54) is 41.3 Å². The second kappa shape index (κ2) is 9.48. The van der Waals surface area contributed by atoms with E-state index in [0.29, 0.717) is 21.1 Å². The molecule has 0 radical (unpaired) electrons. The number of amides is 1. The minimum absolute atomic E-state index is 0.0841. The number of aromatic nitrogens is 2. The second-order valence-electron chi connectivity index (χ2n) is 11.4. The molecule has 2 aromatic heterocycles. The van der Waals surface area contributed by atoms with Crippen LogP contribution in [-0.4, -0.2) is 34.1 Å². The highest BCUT2D eigenvalue weighted by Crippen LogP contribution is 2.65. The number of benzene rings is 1. The van der Waals surface area contributed by atoms with Crippen molar-refractivity contribution in [2.45, 2.75) is 64.2 Å². The minimum atomic E-state index is -0.676. The van der Waals surface area contributed by atoms with Crippen molar-refractivity contribution in [3.8, 4) is 11.3 Å². The summed E-state index contributed by atoms with van der Waals surface area (Å²) in [4.78, 5) is 40.5. The average molecular weight is 561 g/mol. The minimum Gasteiger partial charge on any atom is -0.469 e. The Bertz CT molecular complexity index is 1540. The van der Waals surface area contributed by atoms with Crippen molar-refractivity contribution in [2.24, 2.45) is 10.4 Å². The van der Waals surface area contributed by atoms with Gasteiger partial charge in [0.1, 0.15) is 0 Å². The highest BCUT2D eigenvalue weighted by molar-refractivity contribution is 8.18. The summed E-state index contributed by atoms with van der Waals surface area (Å²) >= 11 is 2.83. The van der Waals surface area contributed by atoms with Gasteiger partial charge in [-0.05, 0) is 72.8 Å². The van der Waals surface area contributed by atoms with Crippen LogP contribution in [-0.2, 0) is 19.7 Å². The zero-order chi connectivity index (χ0) is 27.5. The maximum absolute atomic E-state index is 13.3. The Balaban J connectivity index is 1.48. The number of hydrogen-bond acceptors (Lipinski definition) is 7. The number of nitrogens with one attached hydrogen (secondary N) is 2. The van der Waals surface area contributed by atoms with E-state index in [-0.39, 0.29) is 23.2 Å². The van der Waals surface area contributed by atoms with E-state index in [4.69, 9.17) is 14.7 Å². The summed E-state index contributed by atoms with van der Waals surface area (Å²) in [5, 5.41) is 3.96. The van der Waals surface area contributed by atoms with E-state index >= 15 is 0 Å². The van der Waals surface area contributed by atoms with Gasteiger partial charge >= 0.3 is 5.97 Å². The Morgan fingerprint density at radius 3 is 2.79 bits per heavy atom. The van der Waals surface area contributed by atoms with E-state index in [1.807, 2.05) is 31.3 Å². The van der Waals surface area contributed by atoms with Crippen molar-refractivity contribution in [2.75, 3.05) is 7.11 Å². The lowest BCUT2D eigenvalue weighted by molar-refractivity contribution is -0.157. The molecule has 1 aromatic carbocycles. The molecule has 7 nitrogen and oxygen atoms in total. The fraction of sp³-hybridized carbons (Fsp3) is 0.400. The number of amidine groups is 1. The van der Waals surface area contributed by atoms with E-state index in [0.717, 1.165) is 41.1 Å². The first-order chi connectivity index (χ1) is 18.6. The molecule has 202 valence electrons. The van der Waals surface area contributed by atoms with Crippen LogP contribution in [0.25, 0.3) is 17.3 Å². The topological polar surface area (TPSA) is 96.4 Å². The monoisotopic (exact) mass is 560 g/mol. The van der Waals surface area contributed by atoms with Crippen molar-refractivity contribution < 1.29 is 14.3 Å². The highest BCUT2D eigenvalue weighted by Gasteiger charge is 2.58. The third kappa shape index (κ3) is 4.17. The van der Waals surface area contributed by atoms with Crippen molar-refractivity contribution in [1.29, 1.82) is 0 Å². The molecular formula is C30H32N4O3S2. The number of fused-ring (bicyclic) bond motifs is 6. The lowest BCUT2D eigenvalue weighted by Crippen LogP contribution is -2.50. The number of carbonyl (C=O) groups excluding carboxylic acids is 2. The number of aliphatic imine (C=N–C) groups is 1. The third-order valence-electron chi connectivity index (χ3n) is 8.56. The van der Waals surface area contributed by atoms with Gasteiger partial charge in [-0.15, -0.1) is 0 Å². The summed E-state index contributed by atoms with van der Waals surface area (Å²) in [6, 6.07) is 10.5. The van der Waals surface area contributed by atoms with Gasteiger partial charge in [-0.25, -0.2) is 4.98 Å². The van der Waals surface area contributed by atoms with Crippen LogP contribution in [0.15, 0.2) is 46.4 Å². The SMILES string of the molecule is COC(=O)[C@]1(C)CCC[C@]2(C)c3ccc(C(C)C)cc3-c3nc(/N=C4\NC(=O)/C(=C/c5ccc[nH]5)S4)sc3C12. The van der Waals surface area contributed by atoms with Crippen LogP contribution >= 0.6 is 23.1 Å². The predicted molar refractivity (Wildman–Crippen MR) is 157 cm³/mol. The number of hydrogen-bond donors (Lipinski definition) is 2. The molecule has 6 rings (SSSR count). The number of esters is 1. The molecule has 0 bridgehead atoms. The molecular weight excluding hydrogens is 528 g/mol. The Morgan fingerprint density at radius 1 is 1.26 bits per heavy atom. The molecule has 2 fully saturated rings. The summed E-state index contributed by atoms with van der Waals surface area (Å²) in [6.07, 6.45) is 6.33. The Morgan fingerprint density at radius 2 is 2.08 bits per heavy atom. The first-order valence-electron chi connectivity index (χ1n) is 13.3. The molecule has 0 spiro atoms. The van der Waals surface area contributed by atoms with E-state index in [1.54, 1.807) is 0 Å². The predicted octanol–water partition coefficient (Wildman–Crippen LogP) is 6.87. The number of methoxy groups -OCH3 is 1. The van der Waals surface area contributed by atoms with Gasteiger partial charge in [-0.3, -0.25) is 9.59 Å². The molecule has 3 atom stereocenters. The van der Waals surface area contributed by atoms with Gasteiger partial charge in [-0.1, -0.05) is 50.7 Å². The first kappa shape index (κ1) is 26.1. The molecule has 2 aliphatic carbocycles. The van der Waals surface area contributed by atoms with Gasteiger partial charge < -0.3 is 15.0 Å². The van der Waals surface area contributed by atoms with Crippen molar-refractivity contribution >= 4 is 51.4 Å². The van der Waals surface area contributed by atoms with Crippen molar-refractivity contribution in [1.82, 2.24) is 15.3 Å². The largest absolute Gasteiger partial charge is 0.469 e. The number of ether oxygens (including phenoxy) is 1. The number of carbonyl (C=O) groups is 2. The Labute approximate surface area is 236 Å². The molecule has 39 heavy (non-hydrogen) atoms. The number of thioether (sulfide) groups is 1. The Kier molecular flexibility index (Phi) is 6.34. The van der Waals surface area contributed by atoms with Crippen LogP contribution in [0.5, 0.6) is 0 Å². The Hall–Kier alpha value is -3.17. The molecule has 1 aliphatic heterocycles. The van der Waals surface area contributed by atoms with Gasteiger partial charge in [0, 0.05) is 33.7 Å². The first-order valence-corrected chi connectivity index (χ1v) is 14.9. The molecule has 3 aromatic rings. The van der Waals surface area contributed by atoms with Crippen LogP contribution in [0.1, 0.15) is 80.5 Å². The number of thiazole rings is 1. The summed E-state index contributed by atoms with van der Waals surface area (Å²) in [5.41, 5.74) is 4.46. The van der Waals surface area contributed by atoms with Crippen LogP contribution < -0.4 is 5.32 Å². The van der Waals surface area contributed by atoms with Gasteiger partial charge in [0.2, 0.25) is 5.13 Å². The summed E-state index contributed by atoms with van der Waals surface area (Å²) in [5.74, 6) is -0.0613. The van der Waals surface area contributed by atoms with Gasteiger partial charge in [-0.2, -0.15) is 4.99 Å². The highest BCUT2D eigenvalue weighted by atomic mass is 32.2. The van der Waals surface area contributed by atoms with E-state index in [2.05, 4.69) is 49.3 Å². The summed E-state index contributed by atoms with van der Waals surface area (Å²) in [6.45, 7) is 8.74. The van der Waals surface area contributed by atoms with E-state index in [9.17, 15) is 9.59 Å². The molecule has 1 amide bonds. The number of nitrogens with zero attached hydrogens (tertiary/aromatic N) is 2. The van der Waals surface area contributed by atoms with Crippen LogP contribution in [0.3, 0.4) is 0 Å². The molecule has 1 saturated heterocycles. The molecule has 3 aliphatic rings. The quantitative estimate of drug-likeness (QED) is 0.268. The second-order valence-corrected chi connectivity index (χ2v) is 13.4. The maximum atomic E-state index is 13.3. The smallest absolute Gasteiger partial charge is 0.312 e. The van der Waals surface area contributed by atoms with Gasteiger partial charge in [0.05, 0.1) is 23.1 Å². The fourth-order valence-corrected chi connectivity index (χ4v) is 8.88. The molecule has 9 heteroatoms. The molecule has 2 N–H and O–H groups in total. The fourth-order valence-electron chi connectivity index (χ4n) is 6.65. The van der Waals surface area contributed by atoms with Crippen molar-refractivity contribution in [3.63, 3.8) is 0 Å². The lowest BCUT2D eigenvalue weighted by Gasteiger charge is -2.53. The van der Waals surface area contributed by atoms with Gasteiger partial charge in [0.25, 0.3) is 5.91 Å². The van der Waals surface area contributed by atoms with Crippen LogP contribution in [0, 0.1) is 5.41 Å². The number of H-pyrrole nitrogens is 1. The average Bonchev–Trinajstić information content (AvgIpc) is 3.64. The van der Waals surface area contributed by atoms with Crippen LogP contribution in [0.2, 0.25) is 0 Å². The normalized spacial score (nSPS) is 27.8. The number of rotatable bonds is 4. The summed E-state index contributed by atoms with van der Waals surface area (Å²) < 4.78 is 5.38. The molecule has 3 heterocycles. The number of aromatic amines is 1. The maximum Gasteiger partial charge on any atom is 0.312 e. The molecule has 1 saturated carbocycles. The molecule has 1 unspecified atom stereocenters. The standard InChI is InChI=1S/C30H32N4O3S2/c1-16(2)17-9-10-20-19(14-17)22-23(24-29(20,3)11-7-12-30(24,4)26(36)37-5)39-27(32-22)34-28-33-25(35)21(38-28)15-18-8-6-13-31-18/h6,8-10,13-16,24,31H,7,11-12H2,1-5H3,(H,32,33,34,35)/b21-15-/t24?,29-,30-/m1/s1. The lowest BCUT2D eigenvalue weighted by atomic mass is 9.50. The zero-order valence-corrected chi connectivity index (χ0v) is 24.4. The van der Waals surface area contributed by atoms with Crippen molar-refractivity contribution in [3.05, 3.63) is 63.1 Å². The van der Waals surface area contributed by atoms with Crippen LogP contribution in [0.4, 0.5) is 5.13 Å². The zero-order valence-electron chi connectivity index (χ0n) is 22.8. The van der Waals surface area contributed by atoms with E-state index < -0.39 is 5.41 Å².